The van der Waals surface area contributed by atoms with E-state index in [2.05, 4.69) is 63.7 Å². The molecule has 4 heteroatoms. The highest BCUT2D eigenvalue weighted by Gasteiger charge is 2.23. The monoisotopic (exact) mass is 455 g/mol. The van der Waals surface area contributed by atoms with Gasteiger partial charge in [-0.25, -0.2) is 4.98 Å². The second kappa shape index (κ2) is 9.09. The number of benzene rings is 4. The molecule has 1 atom stereocenters. The molecule has 2 heterocycles. The Labute approximate surface area is 204 Å². The predicted molar refractivity (Wildman–Crippen MR) is 141 cm³/mol. The van der Waals surface area contributed by atoms with Gasteiger partial charge < -0.3 is 9.67 Å². The second-order valence-corrected chi connectivity index (χ2v) is 8.63. The van der Waals surface area contributed by atoms with Gasteiger partial charge in [0, 0.05) is 17.3 Å². The normalized spacial score (nSPS) is 12.1. The van der Waals surface area contributed by atoms with Crippen LogP contribution in [0.2, 0.25) is 0 Å². The highest BCUT2D eigenvalue weighted by Crippen LogP contribution is 2.36. The summed E-state index contributed by atoms with van der Waals surface area (Å²) in [6, 6.07) is 40.7. The summed E-state index contributed by atoms with van der Waals surface area (Å²) in [7, 11) is 0. The molecule has 6 rings (SSSR count). The first-order valence-electron chi connectivity index (χ1n) is 11.8. The van der Waals surface area contributed by atoms with E-state index in [0.717, 1.165) is 45.1 Å². The number of imidazole rings is 2. The Balaban J connectivity index is 1.60. The van der Waals surface area contributed by atoms with Crippen LogP contribution >= 0.6 is 0 Å². The molecule has 6 aromatic rings. The Kier molecular flexibility index (Phi) is 5.49. The fourth-order valence-electron chi connectivity index (χ4n) is 4.68. The van der Waals surface area contributed by atoms with Crippen molar-refractivity contribution in [2.75, 3.05) is 0 Å². The molecular formula is C31H25N3O. The van der Waals surface area contributed by atoms with Crippen molar-refractivity contribution in [1.29, 1.82) is 0 Å². The third-order valence-electron chi connectivity index (χ3n) is 6.38. The van der Waals surface area contributed by atoms with Crippen LogP contribution in [0, 0.1) is 0 Å². The Bertz CT molecular complexity index is 1550. The van der Waals surface area contributed by atoms with Crippen molar-refractivity contribution in [1.82, 2.24) is 14.0 Å². The Hall–Kier alpha value is -4.41. The van der Waals surface area contributed by atoms with Crippen molar-refractivity contribution in [3.63, 3.8) is 0 Å². The molecule has 1 N–H and O–H groups in total. The Morgan fingerprint density at radius 2 is 1.14 bits per heavy atom. The van der Waals surface area contributed by atoms with Crippen LogP contribution in [-0.4, -0.2) is 19.1 Å². The summed E-state index contributed by atoms with van der Waals surface area (Å²) >= 11 is 0. The van der Waals surface area contributed by atoms with Gasteiger partial charge in [0.1, 0.15) is 0 Å². The van der Waals surface area contributed by atoms with Gasteiger partial charge in [-0.05, 0) is 11.1 Å². The van der Waals surface area contributed by atoms with Gasteiger partial charge in [0.05, 0.1) is 29.7 Å². The first-order chi connectivity index (χ1) is 17.3. The number of hydrogen-bond donors (Lipinski definition) is 1. The first kappa shape index (κ1) is 21.1. The summed E-state index contributed by atoms with van der Waals surface area (Å²) in [6.45, 7) is 0.393. The summed E-state index contributed by atoms with van der Waals surface area (Å²) in [6.07, 6.45) is 1.48. The maximum atomic E-state index is 11.2. The third kappa shape index (κ3) is 3.94. The number of aromatic nitrogens is 3. The van der Waals surface area contributed by atoms with E-state index in [1.54, 1.807) is 0 Å². The molecule has 0 radical (unpaired) electrons. The predicted octanol–water partition coefficient (Wildman–Crippen LogP) is 6.87. The minimum absolute atomic E-state index is 0.393. The number of fused-ring (bicyclic) bond motifs is 1. The van der Waals surface area contributed by atoms with E-state index in [9.17, 15) is 5.11 Å². The van der Waals surface area contributed by atoms with Crippen molar-refractivity contribution in [2.45, 2.75) is 12.6 Å². The zero-order valence-electron chi connectivity index (χ0n) is 19.2. The SMILES string of the molecule is OC(Cn1c(-c2ccccc2)cn2c(-c3ccccc3)c(-c3ccccc3)nc12)c1ccccc1. The quantitative estimate of drug-likeness (QED) is 0.298. The van der Waals surface area contributed by atoms with Crippen LogP contribution < -0.4 is 0 Å². The number of nitrogens with zero attached hydrogens (tertiary/aromatic N) is 3. The maximum absolute atomic E-state index is 11.2. The lowest BCUT2D eigenvalue weighted by Gasteiger charge is -2.15. The van der Waals surface area contributed by atoms with Gasteiger partial charge in [-0.2, -0.15) is 0 Å². The summed E-state index contributed by atoms with van der Waals surface area (Å²) < 4.78 is 4.30. The molecule has 0 bridgehead atoms. The average Bonchev–Trinajstić information content (AvgIpc) is 3.47. The lowest BCUT2D eigenvalue weighted by Crippen LogP contribution is -2.10. The second-order valence-electron chi connectivity index (χ2n) is 8.63. The topological polar surface area (TPSA) is 42.5 Å². The standard InChI is InChI=1S/C31H25N3O/c35-28(24-15-7-2-8-16-24)22-33-27(23-13-5-1-6-14-23)21-34-30(26-19-11-4-12-20-26)29(32-31(33)34)25-17-9-3-10-18-25/h1-21,28,35H,22H2. The van der Waals surface area contributed by atoms with Gasteiger partial charge in [-0.15, -0.1) is 0 Å². The number of rotatable bonds is 6. The van der Waals surface area contributed by atoms with Crippen LogP contribution in [0.4, 0.5) is 0 Å². The molecule has 2 aromatic heterocycles. The molecule has 4 aromatic carbocycles. The summed E-state index contributed by atoms with van der Waals surface area (Å²) in [4.78, 5) is 5.17. The number of aliphatic hydroxyl groups is 1. The van der Waals surface area contributed by atoms with Gasteiger partial charge in [0.15, 0.2) is 0 Å². The molecule has 0 fully saturated rings. The molecule has 0 aliphatic carbocycles. The molecule has 4 nitrogen and oxygen atoms in total. The van der Waals surface area contributed by atoms with E-state index in [1.807, 2.05) is 72.8 Å². The van der Waals surface area contributed by atoms with Gasteiger partial charge in [-0.3, -0.25) is 4.40 Å². The average molecular weight is 456 g/mol. The smallest absolute Gasteiger partial charge is 0.215 e. The molecule has 170 valence electrons. The van der Waals surface area contributed by atoms with Gasteiger partial charge in [0.25, 0.3) is 0 Å². The van der Waals surface area contributed by atoms with Gasteiger partial charge in [0.2, 0.25) is 5.78 Å². The van der Waals surface area contributed by atoms with Gasteiger partial charge >= 0.3 is 0 Å². The van der Waals surface area contributed by atoms with E-state index < -0.39 is 6.10 Å². The molecule has 0 saturated carbocycles. The zero-order chi connectivity index (χ0) is 23.6. The highest BCUT2D eigenvalue weighted by molar-refractivity contribution is 5.82. The van der Waals surface area contributed by atoms with Crippen molar-refractivity contribution >= 4 is 5.78 Å². The fourth-order valence-corrected chi connectivity index (χ4v) is 4.68. The van der Waals surface area contributed by atoms with Crippen LogP contribution in [-0.2, 0) is 6.54 Å². The molecule has 0 amide bonds. The molecule has 1 unspecified atom stereocenters. The van der Waals surface area contributed by atoms with Crippen LogP contribution in [0.3, 0.4) is 0 Å². The summed E-state index contributed by atoms with van der Waals surface area (Å²) in [5.74, 6) is 0.802. The molecular weight excluding hydrogens is 430 g/mol. The Morgan fingerprint density at radius 3 is 1.74 bits per heavy atom. The fraction of sp³-hybridized carbons (Fsp3) is 0.0645. The van der Waals surface area contributed by atoms with Crippen molar-refractivity contribution in [3.05, 3.63) is 133 Å². The largest absolute Gasteiger partial charge is 0.387 e. The maximum Gasteiger partial charge on any atom is 0.215 e. The molecule has 35 heavy (non-hydrogen) atoms. The van der Waals surface area contributed by atoms with Crippen LogP contribution in [0.5, 0.6) is 0 Å². The number of hydrogen-bond acceptors (Lipinski definition) is 2. The number of aliphatic hydroxyl groups excluding tert-OH is 1. The minimum Gasteiger partial charge on any atom is -0.387 e. The van der Waals surface area contributed by atoms with Crippen LogP contribution in [0.1, 0.15) is 11.7 Å². The van der Waals surface area contributed by atoms with Crippen molar-refractivity contribution in [3.8, 4) is 33.8 Å². The van der Waals surface area contributed by atoms with E-state index in [0.29, 0.717) is 6.54 Å². The highest BCUT2D eigenvalue weighted by atomic mass is 16.3. The minimum atomic E-state index is -0.660. The molecule has 0 saturated heterocycles. The van der Waals surface area contributed by atoms with Gasteiger partial charge in [-0.1, -0.05) is 121 Å². The van der Waals surface area contributed by atoms with E-state index in [1.165, 1.54) is 0 Å². The van der Waals surface area contributed by atoms with Crippen molar-refractivity contribution < 1.29 is 5.11 Å². The third-order valence-corrected chi connectivity index (χ3v) is 6.38. The molecule has 0 aliphatic heterocycles. The van der Waals surface area contributed by atoms with Crippen LogP contribution in [0.25, 0.3) is 39.5 Å². The van der Waals surface area contributed by atoms with Crippen LogP contribution in [0.15, 0.2) is 128 Å². The molecule has 0 aliphatic rings. The van der Waals surface area contributed by atoms with Crippen molar-refractivity contribution in [2.24, 2.45) is 0 Å². The lowest BCUT2D eigenvalue weighted by molar-refractivity contribution is 0.158. The molecule has 0 spiro atoms. The Morgan fingerprint density at radius 1 is 0.629 bits per heavy atom. The van der Waals surface area contributed by atoms with E-state index in [4.69, 9.17) is 4.98 Å². The first-order valence-corrected chi connectivity index (χ1v) is 11.8. The summed E-state index contributed by atoms with van der Waals surface area (Å²) in [5.41, 5.74) is 7.10. The lowest BCUT2D eigenvalue weighted by atomic mass is 10.0. The zero-order valence-corrected chi connectivity index (χ0v) is 19.2. The van der Waals surface area contributed by atoms with E-state index in [-0.39, 0.29) is 0 Å². The van der Waals surface area contributed by atoms with E-state index >= 15 is 0 Å². The summed E-state index contributed by atoms with van der Waals surface area (Å²) in [5, 5.41) is 11.2.